The molecule has 158 valence electrons. The first-order chi connectivity index (χ1) is 14.6. The van der Waals surface area contributed by atoms with Gasteiger partial charge in [-0.3, -0.25) is 14.4 Å². The van der Waals surface area contributed by atoms with Crippen molar-refractivity contribution < 1.29 is 19.1 Å². The highest BCUT2D eigenvalue weighted by Gasteiger charge is 2.37. The fraction of sp³-hybridized carbons (Fsp3) is 0.217. The Morgan fingerprint density at radius 1 is 1.00 bits per heavy atom. The second kappa shape index (κ2) is 7.16. The molecule has 31 heavy (non-hydrogen) atoms. The number of aromatic nitrogens is 2. The van der Waals surface area contributed by atoms with Gasteiger partial charge in [0.05, 0.1) is 16.6 Å². The Morgan fingerprint density at radius 2 is 1.61 bits per heavy atom. The van der Waals surface area contributed by atoms with Crippen LogP contribution in [0.1, 0.15) is 32.3 Å². The Hall–Kier alpha value is -3.81. The van der Waals surface area contributed by atoms with E-state index in [2.05, 4.69) is 4.98 Å². The van der Waals surface area contributed by atoms with Gasteiger partial charge in [-0.1, -0.05) is 13.8 Å². The van der Waals surface area contributed by atoms with Crippen LogP contribution in [0.2, 0.25) is 0 Å². The van der Waals surface area contributed by atoms with Crippen molar-refractivity contribution in [3.63, 3.8) is 0 Å². The highest BCUT2D eigenvalue weighted by atomic mass is 19.1. The SMILES string of the molecule is CC1(C)CC(=O)C(=C(O)c2ccc3[nH]c(=O)n(-c4ccc(F)cc4)c(=O)c3c2)C(=O)C1. The molecule has 0 saturated heterocycles. The topological polar surface area (TPSA) is 109 Å². The van der Waals surface area contributed by atoms with Crippen LogP contribution in [0.25, 0.3) is 22.3 Å². The van der Waals surface area contributed by atoms with Gasteiger partial charge < -0.3 is 10.1 Å². The van der Waals surface area contributed by atoms with Gasteiger partial charge in [0, 0.05) is 18.4 Å². The summed E-state index contributed by atoms with van der Waals surface area (Å²) in [6.45, 7) is 3.61. The van der Waals surface area contributed by atoms with Gasteiger partial charge in [0.25, 0.3) is 5.56 Å². The van der Waals surface area contributed by atoms with Crippen molar-refractivity contribution in [1.82, 2.24) is 9.55 Å². The largest absolute Gasteiger partial charge is 0.506 e. The molecule has 2 N–H and O–H groups in total. The molecule has 1 aliphatic carbocycles. The molecule has 8 heteroatoms. The predicted octanol–water partition coefficient (Wildman–Crippen LogP) is 3.05. The number of benzene rings is 2. The Labute approximate surface area is 175 Å². The molecule has 0 bridgehead atoms. The third kappa shape index (κ3) is 3.61. The minimum Gasteiger partial charge on any atom is -0.506 e. The van der Waals surface area contributed by atoms with Crippen LogP contribution < -0.4 is 11.2 Å². The first-order valence-corrected chi connectivity index (χ1v) is 9.62. The van der Waals surface area contributed by atoms with Crippen molar-refractivity contribution in [2.24, 2.45) is 5.41 Å². The average molecular weight is 422 g/mol. The third-order valence-corrected chi connectivity index (χ3v) is 5.33. The van der Waals surface area contributed by atoms with Gasteiger partial charge >= 0.3 is 5.69 Å². The molecule has 1 saturated carbocycles. The summed E-state index contributed by atoms with van der Waals surface area (Å²) in [7, 11) is 0. The molecule has 1 heterocycles. The molecule has 1 aliphatic rings. The molecule has 1 aromatic heterocycles. The van der Waals surface area contributed by atoms with E-state index in [1.165, 1.54) is 30.3 Å². The zero-order valence-electron chi connectivity index (χ0n) is 16.9. The number of ketones is 2. The van der Waals surface area contributed by atoms with Crippen LogP contribution in [0.5, 0.6) is 0 Å². The molecule has 7 nitrogen and oxygen atoms in total. The van der Waals surface area contributed by atoms with Gasteiger partial charge in [-0.05, 0) is 47.9 Å². The van der Waals surface area contributed by atoms with Crippen molar-refractivity contribution in [3.05, 3.63) is 80.3 Å². The molecule has 0 atom stereocenters. The summed E-state index contributed by atoms with van der Waals surface area (Å²) in [6, 6.07) is 8.99. The van der Waals surface area contributed by atoms with Gasteiger partial charge in [0.15, 0.2) is 11.6 Å². The van der Waals surface area contributed by atoms with Crippen LogP contribution in [-0.4, -0.2) is 26.2 Å². The molecule has 3 aromatic rings. The summed E-state index contributed by atoms with van der Waals surface area (Å²) in [5.74, 6) is -1.92. The van der Waals surface area contributed by atoms with Crippen LogP contribution in [0, 0.1) is 11.2 Å². The standard InChI is InChI=1S/C23H19FN2O5/c1-23(2)10-17(27)19(18(28)11-23)20(29)12-3-8-16-15(9-12)21(30)26(22(31)25-16)14-6-4-13(24)5-7-14/h3-9,29H,10-11H2,1-2H3,(H,25,31). The molecule has 0 amide bonds. The van der Waals surface area contributed by atoms with Crippen molar-refractivity contribution in [2.75, 3.05) is 0 Å². The number of aliphatic hydroxyl groups excluding tert-OH is 1. The highest BCUT2D eigenvalue weighted by Crippen LogP contribution is 2.36. The first-order valence-electron chi connectivity index (χ1n) is 9.62. The minimum atomic E-state index is -0.709. The summed E-state index contributed by atoms with van der Waals surface area (Å²) in [5, 5.41) is 10.8. The van der Waals surface area contributed by atoms with Gasteiger partial charge in [-0.2, -0.15) is 0 Å². The molecule has 0 aliphatic heterocycles. The lowest BCUT2D eigenvalue weighted by molar-refractivity contribution is -0.127. The molecule has 0 unspecified atom stereocenters. The van der Waals surface area contributed by atoms with E-state index in [-0.39, 0.29) is 40.6 Å². The second-order valence-electron chi connectivity index (χ2n) is 8.40. The molecule has 0 radical (unpaired) electrons. The third-order valence-electron chi connectivity index (χ3n) is 5.33. The lowest BCUT2D eigenvalue weighted by atomic mass is 9.73. The average Bonchev–Trinajstić information content (AvgIpc) is 2.67. The summed E-state index contributed by atoms with van der Waals surface area (Å²) in [4.78, 5) is 53.0. The monoisotopic (exact) mass is 422 g/mol. The van der Waals surface area contributed by atoms with Crippen LogP contribution in [0.4, 0.5) is 4.39 Å². The number of carbonyl (C=O) groups excluding carboxylic acids is 2. The van der Waals surface area contributed by atoms with E-state index >= 15 is 0 Å². The number of nitrogens with one attached hydrogen (secondary N) is 1. The van der Waals surface area contributed by atoms with Gasteiger partial charge in [0.2, 0.25) is 0 Å². The van der Waals surface area contributed by atoms with Gasteiger partial charge in [-0.15, -0.1) is 0 Å². The van der Waals surface area contributed by atoms with Crippen molar-refractivity contribution in [2.45, 2.75) is 26.7 Å². The number of allylic oxidation sites excluding steroid dienone is 1. The lowest BCUT2D eigenvalue weighted by Crippen LogP contribution is -2.33. The Balaban J connectivity index is 1.89. The van der Waals surface area contributed by atoms with Crippen molar-refractivity contribution >= 4 is 28.2 Å². The van der Waals surface area contributed by atoms with E-state index in [1.807, 2.05) is 0 Å². The number of fused-ring (bicyclic) bond motifs is 1. The fourth-order valence-electron chi connectivity index (χ4n) is 3.86. The van der Waals surface area contributed by atoms with E-state index in [1.54, 1.807) is 13.8 Å². The minimum absolute atomic E-state index is 0.0598. The highest BCUT2D eigenvalue weighted by molar-refractivity contribution is 6.26. The summed E-state index contributed by atoms with van der Waals surface area (Å²) < 4.78 is 14.1. The zero-order chi connectivity index (χ0) is 22.5. The number of aromatic amines is 1. The number of nitrogens with zero attached hydrogens (tertiary/aromatic N) is 1. The van der Waals surface area contributed by atoms with Gasteiger partial charge in [0.1, 0.15) is 17.1 Å². The van der Waals surface area contributed by atoms with E-state index in [9.17, 15) is 28.7 Å². The number of H-pyrrole nitrogens is 1. The van der Waals surface area contributed by atoms with E-state index in [0.717, 1.165) is 16.7 Å². The Morgan fingerprint density at radius 3 is 2.23 bits per heavy atom. The molecule has 2 aromatic carbocycles. The number of hydrogen-bond acceptors (Lipinski definition) is 5. The van der Waals surface area contributed by atoms with Crippen molar-refractivity contribution in [3.8, 4) is 5.69 Å². The molecule has 4 rings (SSSR count). The Kier molecular flexibility index (Phi) is 4.72. The number of halogens is 1. The number of rotatable bonds is 2. The number of hydrogen-bond donors (Lipinski definition) is 2. The smallest absolute Gasteiger partial charge is 0.333 e. The number of aliphatic hydroxyl groups is 1. The van der Waals surface area contributed by atoms with E-state index in [0.29, 0.717) is 0 Å². The Bertz CT molecular complexity index is 1370. The van der Waals surface area contributed by atoms with E-state index in [4.69, 9.17) is 0 Å². The van der Waals surface area contributed by atoms with Crippen LogP contribution in [-0.2, 0) is 9.59 Å². The quantitative estimate of drug-likeness (QED) is 0.375. The number of carbonyl (C=O) groups is 2. The summed E-state index contributed by atoms with van der Waals surface area (Å²) >= 11 is 0. The van der Waals surface area contributed by atoms with Crippen LogP contribution in [0.15, 0.2) is 57.6 Å². The molecule has 1 fully saturated rings. The van der Waals surface area contributed by atoms with Crippen LogP contribution in [0.3, 0.4) is 0 Å². The van der Waals surface area contributed by atoms with Crippen LogP contribution >= 0.6 is 0 Å². The first kappa shape index (κ1) is 20.5. The summed E-state index contributed by atoms with van der Waals surface area (Å²) in [6.07, 6.45) is 0.243. The maximum Gasteiger partial charge on any atom is 0.333 e. The predicted molar refractivity (Wildman–Crippen MR) is 113 cm³/mol. The lowest BCUT2D eigenvalue weighted by Gasteiger charge is -2.28. The van der Waals surface area contributed by atoms with Gasteiger partial charge in [-0.25, -0.2) is 13.8 Å². The zero-order valence-corrected chi connectivity index (χ0v) is 16.9. The van der Waals surface area contributed by atoms with E-state index < -0.39 is 39.8 Å². The number of Topliss-reactive ketones (excluding diaryl/α,β-unsaturated/α-hetero) is 2. The normalized spacial score (nSPS) is 16.0. The molecule has 0 spiro atoms. The second-order valence-corrected chi connectivity index (χ2v) is 8.40. The van der Waals surface area contributed by atoms with Crippen molar-refractivity contribution in [1.29, 1.82) is 0 Å². The fourth-order valence-corrected chi connectivity index (χ4v) is 3.86. The molecular formula is C23H19FN2O5. The molecular weight excluding hydrogens is 403 g/mol. The maximum atomic E-state index is 13.2. The summed E-state index contributed by atoms with van der Waals surface area (Å²) in [5.41, 5.74) is -1.66. The maximum absolute atomic E-state index is 13.2.